The van der Waals surface area contributed by atoms with Crippen molar-refractivity contribution in [1.29, 1.82) is 0 Å². The zero-order valence-corrected chi connectivity index (χ0v) is 21.8. The van der Waals surface area contributed by atoms with E-state index in [1.54, 1.807) is 24.7 Å². The van der Waals surface area contributed by atoms with Crippen LogP contribution in [-0.4, -0.2) is 31.1 Å². The summed E-state index contributed by atoms with van der Waals surface area (Å²) in [6, 6.07) is 11.8. The van der Waals surface area contributed by atoms with E-state index in [0.717, 1.165) is 44.4 Å². The minimum Gasteiger partial charge on any atom is -0.353 e. The van der Waals surface area contributed by atoms with E-state index in [-0.39, 0.29) is 17.7 Å². The van der Waals surface area contributed by atoms with Crippen LogP contribution < -0.4 is 5.32 Å². The zero-order valence-electron chi connectivity index (χ0n) is 21.8. The van der Waals surface area contributed by atoms with Crippen LogP contribution in [0.5, 0.6) is 0 Å². The molecule has 8 heteroatoms. The lowest BCUT2D eigenvalue weighted by atomic mass is 9.98. The normalized spacial score (nSPS) is 12.6. The van der Waals surface area contributed by atoms with Crippen molar-refractivity contribution in [1.82, 2.24) is 25.1 Å². The van der Waals surface area contributed by atoms with Gasteiger partial charge in [-0.2, -0.15) is 5.10 Å². The lowest BCUT2D eigenvalue weighted by Gasteiger charge is -2.09. The Bertz CT molecular complexity index is 1710. The predicted octanol–water partition coefficient (Wildman–Crippen LogP) is 7.43. The SMILES string of the molecule is C/C=C\C(F)=C(/CC)c1cccc2[nH]c(-c3[nH]nc4ncc(-c5cncc(NC(=O)C(C)C)c5)cc34)cc12. The fourth-order valence-electron chi connectivity index (χ4n) is 4.50. The minimum absolute atomic E-state index is 0.0699. The number of carbonyl (C=O) groups is 1. The highest BCUT2D eigenvalue weighted by Gasteiger charge is 2.16. The van der Waals surface area contributed by atoms with Gasteiger partial charge in [0.2, 0.25) is 5.91 Å². The molecule has 0 aliphatic heterocycles. The smallest absolute Gasteiger partial charge is 0.226 e. The van der Waals surface area contributed by atoms with E-state index in [0.29, 0.717) is 23.3 Å². The fraction of sp³-hybridized carbons (Fsp3) is 0.200. The summed E-state index contributed by atoms with van der Waals surface area (Å²) in [5, 5.41) is 12.2. The number of hydrogen-bond donors (Lipinski definition) is 3. The summed E-state index contributed by atoms with van der Waals surface area (Å²) in [5.74, 6) is -0.434. The molecule has 0 radical (unpaired) electrons. The second-order valence-electron chi connectivity index (χ2n) is 9.43. The van der Waals surface area contributed by atoms with Crippen molar-refractivity contribution < 1.29 is 9.18 Å². The first-order valence-corrected chi connectivity index (χ1v) is 12.6. The Labute approximate surface area is 219 Å². The van der Waals surface area contributed by atoms with Gasteiger partial charge in [0.1, 0.15) is 5.83 Å². The molecule has 0 fully saturated rings. The zero-order chi connectivity index (χ0) is 26.8. The molecule has 38 heavy (non-hydrogen) atoms. The standard InChI is InChI=1S/C30H29FN6O/c1-5-8-25(31)21(6-2)22-9-7-10-26-23(22)13-27(35-26)28-24-12-19(15-33-29(24)37-36-28)18-11-20(16-32-14-18)34-30(38)17(3)4/h5,7-17,35H,6H2,1-4H3,(H,34,38)(H,33,36,37)/b8-5-,25-21-. The van der Waals surface area contributed by atoms with Crippen molar-refractivity contribution in [2.75, 3.05) is 5.32 Å². The number of nitrogens with one attached hydrogen (secondary N) is 3. The number of anilines is 1. The van der Waals surface area contributed by atoms with Crippen LogP contribution in [0.25, 0.3) is 50.0 Å². The van der Waals surface area contributed by atoms with Gasteiger partial charge in [0.05, 0.1) is 23.3 Å². The van der Waals surface area contributed by atoms with Crippen molar-refractivity contribution in [2.24, 2.45) is 5.92 Å². The molecule has 1 amide bonds. The molecule has 0 spiro atoms. The van der Waals surface area contributed by atoms with E-state index in [2.05, 4.69) is 30.5 Å². The number of halogens is 1. The molecular formula is C30H29FN6O. The first-order chi connectivity index (χ1) is 18.4. The quantitative estimate of drug-likeness (QED) is 0.199. The average Bonchev–Trinajstić information content (AvgIpc) is 3.53. The highest BCUT2D eigenvalue weighted by atomic mass is 19.1. The molecule has 1 aromatic carbocycles. The van der Waals surface area contributed by atoms with Gasteiger partial charge in [0.25, 0.3) is 0 Å². The second kappa shape index (κ2) is 10.4. The van der Waals surface area contributed by atoms with Crippen LogP contribution in [0.2, 0.25) is 0 Å². The van der Waals surface area contributed by atoms with Gasteiger partial charge >= 0.3 is 0 Å². The van der Waals surface area contributed by atoms with E-state index in [9.17, 15) is 9.18 Å². The fourth-order valence-corrected chi connectivity index (χ4v) is 4.50. The summed E-state index contributed by atoms with van der Waals surface area (Å²) in [6.45, 7) is 7.45. The molecule has 0 atom stereocenters. The molecule has 0 aliphatic rings. The number of amides is 1. The molecule has 0 saturated carbocycles. The van der Waals surface area contributed by atoms with E-state index in [4.69, 9.17) is 0 Å². The molecule has 4 heterocycles. The molecule has 5 rings (SSSR count). The summed E-state index contributed by atoms with van der Waals surface area (Å²) in [4.78, 5) is 24.4. The minimum atomic E-state index is -0.230. The van der Waals surface area contributed by atoms with Crippen LogP contribution in [-0.2, 0) is 4.79 Å². The van der Waals surface area contributed by atoms with Crippen molar-refractivity contribution >= 4 is 39.1 Å². The lowest BCUT2D eigenvalue weighted by molar-refractivity contribution is -0.118. The summed E-state index contributed by atoms with van der Waals surface area (Å²) in [5.41, 5.74) is 6.90. The molecule has 192 valence electrons. The van der Waals surface area contributed by atoms with Crippen molar-refractivity contribution in [3.05, 3.63) is 78.5 Å². The number of nitrogens with zero attached hydrogens (tertiary/aromatic N) is 3. The molecular weight excluding hydrogens is 479 g/mol. The van der Waals surface area contributed by atoms with Crippen LogP contribution in [0.4, 0.5) is 10.1 Å². The van der Waals surface area contributed by atoms with Gasteiger partial charge in [0.15, 0.2) is 5.65 Å². The van der Waals surface area contributed by atoms with Crippen molar-refractivity contribution in [3.8, 4) is 22.5 Å². The molecule has 0 unspecified atom stereocenters. The molecule has 3 N–H and O–H groups in total. The Balaban J connectivity index is 1.57. The van der Waals surface area contributed by atoms with Gasteiger partial charge in [-0.05, 0) is 54.8 Å². The number of pyridine rings is 2. The Kier molecular flexibility index (Phi) is 6.87. The topological polar surface area (TPSA) is 99.3 Å². The predicted molar refractivity (Wildman–Crippen MR) is 151 cm³/mol. The number of H-pyrrole nitrogens is 2. The first kappa shape index (κ1) is 25.1. The first-order valence-electron chi connectivity index (χ1n) is 12.6. The number of allylic oxidation sites excluding steroid dienone is 4. The van der Waals surface area contributed by atoms with E-state index < -0.39 is 0 Å². The molecule has 7 nitrogen and oxygen atoms in total. The number of aromatic nitrogens is 5. The number of hydrogen-bond acceptors (Lipinski definition) is 4. The molecule has 5 aromatic rings. The number of aromatic amines is 2. The van der Waals surface area contributed by atoms with Crippen LogP contribution in [0, 0.1) is 5.92 Å². The van der Waals surface area contributed by atoms with Gasteiger partial charge < -0.3 is 10.3 Å². The highest BCUT2D eigenvalue weighted by molar-refractivity contribution is 6.00. The Morgan fingerprint density at radius 3 is 2.68 bits per heavy atom. The van der Waals surface area contributed by atoms with Gasteiger partial charge in [-0.1, -0.05) is 39.0 Å². The second-order valence-corrected chi connectivity index (χ2v) is 9.43. The Morgan fingerprint density at radius 2 is 1.92 bits per heavy atom. The molecule has 4 aromatic heterocycles. The van der Waals surface area contributed by atoms with Gasteiger partial charge in [0, 0.05) is 45.7 Å². The van der Waals surface area contributed by atoms with E-state index in [1.165, 1.54) is 6.08 Å². The van der Waals surface area contributed by atoms with Crippen LogP contribution in [0.1, 0.15) is 39.7 Å². The van der Waals surface area contributed by atoms with E-state index >= 15 is 0 Å². The third-order valence-electron chi connectivity index (χ3n) is 6.49. The third kappa shape index (κ3) is 4.72. The molecule has 0 saturated heterocycles. The maximum Gasteiger partial charge on any atom is 0.226 e. The monoisotopic (exact) mass is 508 g/mol. The number of carbonyl (C=O) groups excluding carboxylic acids is 1. The number of benzene rings is 1. The Morgan fingerprint density at radius 1 is 1.11 bits per heavy atom. The summed E-state index contributed by atoms with van der Waals surface area (Å²) < 4.78 is 14.8. The van der Waals surface area contributed by atoms with Crippen LogP contribution >= 0.6 is 0 Å². The Hall–Kier alpha value is -4.59. The maximum atomic E-state index is 14.8. The molecule has 0 bridgehead atoms. The average molecular weight is 509 g/mol. The summed E-state index contributed by atoms with van der Waals surface area (Å²) in [7, 11) is 0. The van der Waals surface area contributed by atoms with Gasteiger partial charge in [-0.25, -0.2) is 9.37 Å². The van der Waals surface area contributed by atoms with Gasteiger partial charge in [-0.15, -0.1) is 0 Å². The van der Waals surface area contributed by atoms with Crippen molar-refractivity contribution in [3.63, 3.8) is 0 Å². The summed E-state index contributed by atoms with van der Waals surface area (Å²) in [6.07, 6.45) is 8.88. The summed E-state index contributed by atoms with van der Waals surface area (Å²) >= 11 is 0. The lowest BCUT2D eigenvalue weighted by Crippen LogP contribution is -2.17. The number of fused-ring (bicyclic) bond motifs is 2. The van der Waals surface area contributed by atoms with Crippen LogP contribution in [0.3, 0.4) is 0 Å². The third-order valence-corrected chi connectivity index (χ3v) is 6.49. The highest BCUT2D eigenvalue weighted by Crippen LogP contribution is 2.35. The van der Waals surface area contributed by atoms with E-state index in [1.807, 2.05) is 64.1 Å². The van der Waals surface area contributed by atoms with Crippen LogP contribution in [0.15, 0.2) is 73.0 Å². The molecule has 0 aliphatic carbocycles. The van der Waals surface area contributed by atoms with Gasteiger partial charge in [-0.3, -0.25) is 14.9 Å². The maximum absolute atomic E-state index is 14.8. The van der Waals surface area contributed by atoms with Crippen molar-refractivity contribution in [2.45, 2.75) is 34.1 Å². The number of rotatable bonds is 7. The largest absolute Gasteiger partial charge is 0.353 e.